The molecule has 1 saturated carbocycles. The summed E-state index contributed by atoms with van der Waals surface area (Å²) in [6, 6.07) is 4.78. The maximum absolute atomic E-state index is 13.1. The van der Waals surface area contributed by atoms with Crippen molar-refractivity contribution in [1.82, 2.24) is 9.62 Å². The Labute approximate surface area is 148 Å². The second-order valence-corrected chi connectivity index (χ2v) is 8.86. The third kappa shape index (κ3) is 4.39. The van der Waals surface area contributed by atoms with Crippen LogP contribution in [-0.4, -0.2) is 37.3 Å². The smallest absolute Gasteiger partial charge is 0.243 e. The van der Waals surface area contributed by atoms with Crippen LogP contribution in [0.15, 0.2) is 29.2 Å². The molecule has 0 radical (unpaired) electrons. The van der Waals surface area contributed by atoms with Gasteiger partial charge in [-0.2, -0.15) is 4.31 Å². The van der Waals surface area contributed by atoms with E-state index < -0.39 is 15.8 Å². The van der Waals surface area contributed by atoms with Crippen molar-refractivity contribution in [1.29, 1.82) is 0 Å². The van der Waals surface area contributed by atoms with Crippen LogP contribution in [0.25, 0.3) is 0 Å². The van der Waals surface area contributed by atoms with Crippen molar-refractivity contribution in [2.75, 3.05) is 6.54 Å². The lowest BCUT2D eigenvalue weighted by Gasteiger charge is -2.34. The normalized spacial score (nSPS) is 22.8. The quantitative estimate of drug-likeness (QED) is 0.869. The molecular weight excluding hydrogens is 343 g/mol. The lowest BCUT2D eigenvalue weighted by atomic mass is 10.0. The monoisotopic (exact) mass is 368 g/mol. The van der Waals surface area contributed by atoms with Crippen LogP contribution in [0.3, 0.4) is 0 Å². The molecule has 0 bridgehead atoms. The fourth-order valence-corrected chi connectivity index (χ4v) is 5.50. The molecule has 1 heterocycles. The van der Waals surface area contributed by atoms with Crippen molar-refractivity contribution in [3.05, 3.63) is 30.1 Å². The summed E-state index contributed by atoms with van der Waals surface area (Å²) in [5, 5.41) is 3.04. The summed E-state index contributed by atoms with van der Waals surface area (Å²) >= 11 is 0. The number of sulfonamides is 1. The lowest BCUT2D eigenvalue weighted by molar-refractivity contribution is -0.122. The van der Waals surface area contributed by atoms with Crippen molar-refractivity contribution in [2.45, 2.75) is 68.3 Å². The second-order valence-electron chi connectivity index (χ2n) is 6.97. The van der Waals surface area contributed by atoms with Crippen LogP contribution in [-0.2, 0) is 14.8 Å². The van der Waals surface area contributed by atoms with Crippen LogP contribution in [0.4, 0.5) is 4.39 Å². The molecule has 1 saturated heterocycles. The fourth-order valence-electron chi connectivity index (χ4n) is 3.81. The number of piperidine rings is 1. The van der Waals surface area contributed by atoms with E-state index in [9.17, 15) is 17.6 Å². The number of halogens is 1. The first-order valence-electron chi connectivity index (χ1n) is 9.03. The Bertz CT molecular complexity index is 700. The maximum Gasteiger partial charge on any atom is 0.243 e. The minimum atomic E-state index is -3.71. The number of nitrogens with one attached hydrogen (secondary N) is 1. The lowest BCUT2D eigenvalue weighted by Crippen LogP contribution is -2.46. The highest BCUT2D eigenvalue weighted by atomic mass is 32.2. The van der Waals surface area contributed by atoms with Gasteiger partial charge in [-0.15, -0.1) is 0 Å². The Kier molecular flexibility index (Phi) is 5.74. The minimum Gasteiger partial charge on any atom is -0.353 e. The van der Waals surface area contributed by atoms with Crippen molar-refractivity contribution < 1.29 is 17.6 Å². The van der Waals surface area contributed by atoms with Gasteiger partial charge in [-0.25, -0.2) is 12.8 Å². The molecule has 0 spiro atoms. The summed E-state index contributed by atoms with van der Waals surface area (Å²) in [6.45, 7) is 0.404. The molecule has 2 aliphatic rings. The predicted octanol–water partition coefficient (Wildman–Crippen LogP) is 2.82. The number of rotatable bonds is 5. The number of hydrogen-bond acceptors (Lipinski definition) is 3. The van der Waals surface area contributed by atoms with Gasteiger partial charge in [0.2, 0.25) is 15.9 Å². The molecule has 1 aromatic rings. The summed E-state index contributed by atoms with van der Waals surface area (Å²) in [5.74, 6) is -0.539. The molecule has 25 heavy (non-hydrogen) atoms. The first-order valence-corrected chi connectivity index (χ1v) is 10.5. The molecule has 1 amide bonds. The predicted molar refractivity (Wildman–Crippen MR) is 92.9 cm³/mol. The second kappa shape index (κ2) is 7.83. The molecule has 1 aliphatic carbocycles. The summed E-state index contributed by atoms with van der Waals surface area (Å²) in [5.41, 5.74) is 0. The summed E-state index contributed by atoms with van der Waals surface area (Å²) < 4.78 is 40.3. The van der Waals surface area contributed by atoms with Gasteiger partial charge in [0.1, 0.15) is 5.82 Å². The zero-order valence-electron chi connectivity index (χ0n) is 14.3. The number of amides is 1. The van der Waals surface area contributed by atoms with Crippen molar-refractivity contribution in [3.8, 4) is 0 Å². The SMILES string of the molecule is O=C(C[C@@H]1CCCCN1S(=O)(=O)c1ccc(F)cc1)NC1CCCC1. The third-order valence-corrected chi connectivity index (χ3v) is 7.10. The van der Waals surface area contributed by atoms with E-state index in [4.69, 9.17) is 0 Å². The zero-order chi connectivity index (χ0) is 17.9. The van der Waals surface area contributed by atoms with Crippen molar-refractivity contribution in [2.24, 2.45) is 0 Å². The highest BCUT2D eigenvalue weighted by molar-refractivity contribution is 7.89. The number of hydrogen-bond donors (Lipinski definition) is 1. The van der Waals surface area contributed by atoms with Gasteiger partial charge < -0.3 is 5.32 Å². The van der Waals surface area contributed by atoms with Crippen LogP contribution in [0, 0.1) is 5.82 Å². The van der Waals surface area contributed by atoms with E-state index in [2.05, 4.69) is 5.32 Å². The van der Waals surface area contributed by atoms with Crippen LogP contribution in [0.2, 0.25) is 0 Å². The Morgan fingerprint density at radius 3 is 2.40 bits per heavy atom. The van der Waals surface area contributed by atoms with E-state index in [0.29, 0.717) is 13.0 Å². The van der Waals surface area contributed by atoms with Gasteiger partial charge in [-0.3, -0.25) is 4.79 Å². The number of nitrogens with zero attached hydrogens (tertiary/aromatic N) is 1. The number of carbonyl (C=O) groups is 1. The van der Waals surface area contributed by atoms with Gasteiger partial charge in [0.15, 0.2) is 0 Å². The molecule has 7 heteroatoms. The molecule has 1 aliphatic heterocycles. The van der Waals surface area contributed by atoms with E-state index in [1.165, 1.54) is 16.4 Å². The van der Waals surface area contributed by atoms with Gasteiger partial charge in [0.05, 0.1) is 4.90 Å². The van der Waals surface area contributed by atoms with Crippen LogP contribution < -0.4 is 5.32 Å². The van der Waals surface area contributed by atoms with E-state index in [-0.39, 0.29) is 29.3 Å². The first kappa shape index (κ1) is 18.3. The summed E-state index contributed by atoms with van der Waals surface area (Å²) in [7, 11) is -3.71. The van der Waals surface area contributed by atoms with Gasteiger partial charge in [0, 0.05) is 25.0 Å². The largest absolute Gasteiger partial charge is 0.353 e. The van der Waals surface area contributed by atoms with E-state index in [1.807, 2.05) is 0 Å². The minimum absolute atomic E-state index is 0.0712. The Hall–Kier alpha value is -1.47. The van der Waals surface area contributed by atoms with Crippen LogP contribution in [0.1, 0.15) is 51.4 Å². The molecule has 1 aromatic carbocycles. The molecule has 1 N–H and O–H groups in total. The highest BCUT2D eigenvalue weighted by Gasteiger charge is 2.35. The van der Waals surface area contributed by atoms with Crippen LogP contribution >= 0.6 is 0 Å². The Balaban J connectivity index is 1.71. The summed E-state index contributed by atoms with van der Waals surface area (Å²) in [6.07, 6.45) is 6.86. The molecule has 0 unspecified atom stereocenters. The van der Waals surface area contributed by atoms with Gasteiger partial charge in [-0.1, -0.05) is 19.3 Å². The van der Waals surface area contributed by atoms with E-state index in [0.717, 1.165) is 50.7 Å². The molecule has 3 rings (SSSR count). The molecule has 0 aromatic heterocycles. The van der Waals surface area contributed by atoms with Gasteiger partial charge in [0.25, 0.3) is 0 Å². The molecule has 2 fully saturated rings. The fraction of sp³-hybridized carbons (Fsp3) is 0.611. The van der Waals surface area contributed by atoms with Crippen LogP contribution in [0.5, 0.6) is 0 Å². The maximum atomic E-state index is 13.1. The van der Waals surface area contributed by atoms with E-state index >= 15 is 0 Å². The average molecular weight is 368 g/mol. The third-order valence-electron chi connectivity index (χ3n) is 5.13. The number of carbonyl (C=O) groups excluding carboxylic acids is 1. The molecule has 5 nitrogen and oxygen atoms in total. The standard InChI is InChI=1S/C18H25FN2O3S/c19-14-8-10-17(11-9-14)25(23,24)21-12-4-3-7-16(21)13-18(22)20-15-5-1-2-6-15/h8-11,15-16H,1-7,12-13H2,(H,20,22)/t16-/m0/s1. The highest BCUT2D eigenvalue weighted by Crippen LogP contribution is 2.27. The van der Waals surface area contributed by atoms with Gasteiger partial charge in [-0.05, 0) is 49.9 Å². The Morgan fingerprint density at radius 1 is 1.08 bits per heavy atom. The topological polar surface area (TPSA) is 66.5 Å². The average Bonchev–Trinajstić information content (AvgIpc) is 3.08. The molecular formula is C18H25FN2O3S. The summed E-state index contributed by atoms with van der Waals surface area (Å²) in [4.78, 5) is 12.4. The van der Waals surface area contributed by atoms with Crippen molar-refractivity contribution in [3.63, 3.8) is 0 Å². The number of benzene rings is 1. The van der Waals surface area contributed by atoms with Gasteiger partial charge >= 0.3 is 0 Å². The first-order chi connectivity index (χ1) is 12.0. The molecule has 1 atom stereocenters. The van der Waals surface area contributed by atoms with E-state index in [1.54, 1.807) is 0 Å². The Morgan fingerprint density at radius 2 is 1.72 bits per heavy atom. The zero-order valence-corrected chi connectivity index (χ0v) is 15.1. The van der Waals surface area contributed by atoms with Crippen molar-refractivity contribution >= 4 is 15.9 Å². The molecule has 138 valence electrons.